The predicted molar refractivity (Wildman–Crippen MR) is 100 cm³/mol. The first kappa shape index (κ1) is 15.9. The van der Waals surface area contributed by atoms with Gasteiger partial charge in [-0.05, 0) is 25.6 Å². The van der Waals surface area contributed by atoms with Crippen molar-refractivity contribution in [1.82, 2.24) is 19.5 Å². The molecule has 1 fully saturated rings. The number of hydrogen-bond donors (Lipinski definition) is 1. The molecule has 1 aliphatic heterocycles. The van der Waals surface area contributed by atoms with E-state index in [0.717, 1.165) is 44.0 Å². The standard InChI is InChI=1S/C19H23N5O/c1-3-22-8-10-23(11-9-22)16-6-4-15(5-7-16)17-13-19(25)24-18(20-17)12-14(2)21-24/h4-7,12-13,21H,3,8-11H2,1-2H3. The van der Waals surface area contributed by atoms with Gasteiger partial charge in [-0.1, -0.05) is 19.1 Å². The van der Waals surface area contributed by atoms with Gasteiger partial charge < -0.3 is 9.80 Å². The van der Waals surface area contributed by atoms with E-state index < -0.39 is 0 Å². The Morgan fingerprint density at radius 3 is 2.48 bits per heavy atom. The fraction of sp³-hybridized carbons (Fsp3) is 0.368. The molecule has 3 aromatic rings. The second kappa shape index (κ2) is 6.37. The molecule has 4 rings (SSSR count). The second-order valence-corrected chi connectivity index (χ2v) is 6.58. The van der Waals surface area contributed by atoms with E-state index in [0.29, 0.717) is 11.3 Å². The molecule has 0 amide bonds. The summed E-state index contributed by atoms with van der Waals surface area (Å²) in [7, 11) is 0. The fourth-order valence-electron chi connectivity index (χ4n) is 3.42. The van der Waals surface area contributed by atoms with Crippen molar-refractivity contribution < 1.29 is 0 Å². The van der Waals surface area contributed by atoms with Gasteiger partial charge in [0.05, 0.1) is 5.69 Å². The van der Waals surface area contributed by atoms with Gasteiger partial charge in [-0.3, -0.25) is 9.89 Å². The summed E-state index contributed by atoms with van der Waals surface area (Å²) in [5.41, 5.74) is 4.39. The smallest absolute Gasteiger partial charge is 0.273 e. The predicted octanol–water partition coefficient (Wildman–Crippen LogP) is 2.14. The summed E-state index contributed by atoms with van der Waals surface area (Å²) in [6, 6.07) is 11.8. The lowest BCUT2D eigenvalue weighted by Crippen LogP contribution is -2.46. The van der Waals surface area contributed by atoms with Crippen LogP contribution in [0.3, 0.4) is 0 Å². The molecule has 1 aromatic carbocycles. The molecule has 0 radical (unpaired) electrons. The molecule has 25 heavy (non-hydrogen) atoms. The Morgan fingerprint density at radius 2 is 1.80 bits per heavy atom. The Hall–Kier alpha value is -2.60. The van der Waals surface area contributed by atoms with E-state index in [1.807, 2.05) is 13.0 Å². The minimum Gasteiger partial charge on any atom is -0.369 e. The lowest BCUT2D eigenvalue weighted by molar-refractivity contribution is 0.271. The molecule has 0 bridgehead atoms. The third kappa shape index (κ3) is 3.05. The number of anilines is 1. The number of aromatic amines is 1. The minimum absolute atomic E-state index is 0.0899. The van der Waals surface area contributed by atoms with Crippen LogP contribution < -0.4 is 10.5 Å². The Balaban J connectivity index is 1.59. The van der Waals surface area contributed by atoms with E-state index in [-0.39, 0.29) is 5.56 Å². The quantitative estimate of drug-likeness (QED) is 0.796. The third-order valence-electron chi connectivity index (χ3n) is 4.93. The third-order valence-corrected chi connectivity index (χ3v) is 4.93. The van der Waals surface area contributed by atoms with E-state index >= 15 is 0 Å². The average Bonchev–Trinajstić information content (AvgIpc) is 3.03. The zero-order chi connectivity index (χ0) is 17.4. The molecule has 2 aromatic heterocycles. The topological polar surface area (TPSA) is 56.6 Å². The van der Waals surface area contributed by atoms with Crippen LogP contribution in [-0.4, -0.2) is 52.2 Å². The number of hydrogen-bond acceptors (Lipinski definition) is 4. The van der Waals surface area contributed by atoms with Crippen LogP contribution in [0.4, 0.5) is 5.69 Å². The number of nitrogens with zero attached hydrogens (tertiary/aromatic N) is 4. The molecule has 0 aliphatic carbocycles. The first-order valence-electron chi connectivity index (χ1n) is 8.81. The van der Waals surface area contributed by atoms with Gasteiger partial charge in [0.15, 0.2) is 5.65 Å². The van der Waals surface area contributed by atoms with Crippen molar-refractivity contribution in [2.45, 2.75) is 13.8 Å². The van der Waals surface area contributed by atoms with E-state index in [2.05, 4.69) is 51.1 Å². The summed E-state index contributed by atoms with van der Waals surface area (Å²) >= 11 is 0. The van der Waals surface area contributed by atoms with Crippen LogP contribution in [-0.2, 0) is 0 Å². The molecule has 6 nitrogen and oxygen atoms in total. The van der Waals surface area contributed by atoms with Crippen molar-refractivity contribution in [3.63, 3.8) is 0 Å². The largest absolute Gasteiger partial charge is 0.369 e. The zero-order valence-electron chi connectivity index (χ0n) is 14.7. The highest BCUT2D eigenvalue weighted by Crippen LogP contribution is 2.22. The summed E-state index contributed by atoms with van der Waals surface area (Å²) in [5, 5.41) is 3.00. The van der Waals surface area contributed by atoms with Crippen molar-refractivity contribution in [1.29, 1.82) is 0 Å². The highest BCUT2D eigenvalue weighted by atomic mass is 16.1. The van der Waals surface area contributed by atoms with Crippen LogP contribution >= 0.6 is 0 Å². The van der Waals surface area contributed by atoms with Gasteiger partial charge in [-0.25, -0.2) is 9.50 Å². The van der Waals surface area contributed by atoms with Crippen molar-refractivity contribution in [2.75, 3.05) is 37.6 Å². The monoisotopic (exact) mass is 337 g/mol. The van der Waals surface area contributed by atoms with E-state index in [1.54, 1.807) is 6.07 Å². The van der Waals surface area contributed by atoms with Crippen LogP contribution in [0, 0.1) is 6.92 Å². The van der Waals surface area contributed by atoms with Crippen molar-refractivity contribution in [3.8, 4) is 11.3 Å². The molecular formula is C19H23N5O. The van der Waals surface area contributed by atoms with Gasteiger partial charge in [0, 0.05) is 55.3 Å². The van der Waals surface area contributed by atoms with Gasteiger partial charge in [-0.2, -0.15) is 0 Å². The Labute approximate surface area is 146 Å². The number of likely N-dealkylation sites (N-methyl/N-ethyl adjacent to an activating group) is 1. The highest BCUT2D eigenvalue weighted by Gasteiger charge is 2.16. The number of fused-ring (bicyclic) bond motifs is 1. The summed E-state index contributed by atoms with van der Waals surface area (Å²) < 4.78 is 1.47. The number of rotatable bonds is 3. The maximum absolute atomic E-state index is 12.2. The van der Waals surface area contributed by atoms with Crippen molar-refractivity contribution >= 4 is 11.3 Å². The van der Waals surface area contributed by atoms with Crippen LogP contribution in [0.5, 0.6) is 0 Å². The fourth-order valence-corrected chi connectivity index (χ4v) is 3.42. The normalized spacial score (nSPS) is 15.8. The molecule has 1 N–H and O–H groups in total. The van der Waals surface area contributed by atoms with Gasteiger partial charge >= 0.3 is 0 Å². The molecule has 1 aliphatic rings. The molecule has 0 saturated carbocycles. The number of benzene rings is 1. The maximum Gasteiger partial charge on any atom is 0.273 e. The summed E-state index contributed by atoms with van der Waals surface area (Å²) in [6.45, 7) is 9.59. The Bertz CT molecular complexity index is 933. The lowest BCUT2D eigenvalue weighted by atomic mass is 10.1. The van der Waals surface area contributed by atoms with Gasteiger partial charge in [-0.15, -0.1) is 0 Å². The molecule has 6 heteroatoms. The Morgan fingerprint density at radius 1 is 1.08 bits per heavy atom. The van der Waals surface area contributed by atoms with Gasteiger partial charge in [0.1, 0.15) is 0 Å². The molecule has 0 spiro atoms. The zero-order valence-corrected chi connectivity index (χ0v) is 14.7. The summed E-state index contributed by atoms with van der Waals surface area (Å²) in [5.74, 6) is 0. The van der Waals surface area contributed by atoms with Crippen molar-refractivity contribution in [2.24, 2.45) is 0 Å². The highest BCUT2D eigenvalue weighted by molar-refractivity contribution is 5.65. The summed E-state index contributed by atoms with van der Waals surface area (Å²) in [6.07, 6.45) is 0. The van der Waals surface area contributed by atoms with Crippen LogP contribution in [0.1, 0.15) is 12.6 Å². The van der Waals surface area contributed by atoms with Crippen LogP contribution in [0.15, 0.2) is 41.2 Å². The van der Waals surface area contributed by atoms with E-state index in [9.17, 15) is 4.79 Å². The maximum atomic E-state index is 12.2. The average molecular weight is 337 g/mol. The molecule has 0 atom stereocenters. The molecule has 3 heterocycles. The van der Waals surface area contributed by atoms with E-state index in [1.165, 1.54) is 10.2 Å². The molecule has 0 unspecified atom stereocenters. The SMILES string of the molecule is CCN1CCN(c2ccc(-c3cc(=O)n4[nH]c(C)cc4n3)cc2)CC1. The second-order valence-electron chi connectivity index (χ2n) is 6.58. The number of aromatic nitrogens is 3. The molecule has 130 valence electrons. The number of H-pyrrole nitrogens is 1. The van der Waals surface area contributed by atoms with E-state index in [4.69, 9.17) is 0 Å². The number of aryl methyl sites for hydroxylation is 1. The Kier molecular flexibility index (Phi) is 4.05. The van der Waals surface area contributed by atoms with Gasteiger partial charge in [0.25, 0.3) is 5.56 Å². The summed E-state index contributed by atoms with van der Waals surface area (Å²) in [4.78, 5) is 21.7. The number of nitrogens with one attached hydrogen (secondary N) is 1. The minimum atomic E-state index is -0.0899. The molecule has 1 saturated heterocycles. The molecular weight excluding hydrogens is 314 g/mol. The van der Waals surface area contributed by atoms with Gasteiger partial charge in [0.2, 0.25) is 0 Å². The number of piperazine rings is 1. The van der Waals surface area contributed by atoms with Crippen molar-refractivity contribution in [3.05, 3.63) is 52.4 Å². The van der Waals surface area contributed by atoms with Crippen LogP contribution in [0.25, 0.3) is 16.9 Å². The first-order chi connectivity index (χ1) is 12.1. The first-order valence-corrected chi connectivity index (χ1v) is 8.81. The van der Waals surface area contributed by atoms with Crippen LogP contribution in [0.2, 0.25) is 0 Å². The lowest BCUT2D eigenvalue weighted by Gasteiger charge is -2.35.